The van der Waals surface area contributed by atoms with E-state index in [4.69, 9.17) is 18.6 Å². The molecule has 0 radical (unpaired) electrons. The number of amides is 1. The van der Waals surface area contributed by atoms with Crippen LogP contribution in [0.15, 0.2) is 88.1 Å². The molecule has 1 heterocycles. The number of hydrogen-bond acceptors (Lipinski definition) is 7. The Morgan fingerprint density at radius 2 is 1.76 bits per heavy atom. The number of nitrogens with one attached hydrogen (secondary N) is 1. The van der Waals surface area contributed by atoms with Gasteiger partial charge in [-0.15, -0.1) is 0 Å². The van der Waals surface area contributed by atoms with E-state index < -0.39 is 17.5 Å². The first-order valence-electron chi connectivity index (χ1n) is 14.1. The number of methoxy groups -OCH3 is 1. The third-order valence-corrected chi connectivity index (χ3v) is 6.57. The van der Waals surface area contributed by atoms with Crippen molar-refractivity contribution in [3.8, 4) is 17.2 Å². The highest BCUT2D eigenvalue weighted by Crippen LogP contribution is 2.29. The SMILES string of the molecule is CCCCCCOc1ccc(/C=C/C(=O)Oc2ccc3cc(C(=O)NCCc4ccccc4)c(=O)oc3c2)cc1OC. The second-order valence-corrected chi connectivity index (χ2v) is 9.71. The molecule has 0 fully saturated rings. The first-order chi connectivity index (χ1) is 20.5. The lowest BCUT2D eigenvalue weighted by atomic mass is 10.1. The van der Waals surface area contributed by atoms with Crippen molar-refractivity contribution < 1.29 is 28.2 Å². The Morgan fingerprint density at radius 1 is 0.929 bits per heavy atom. The van der Waals surface area contributed by atoms with Crippen LogP contribution >= 0.6 is 0 Å². The topological polar surface area (TPSA) is 104 Å². The second kappa shape index (κ2) is 15.2. The maximum Gasteiger partial charge on any atom is 0.349 e. The standard InChI is InChI=1S/C34H35NO7/c1-3-4-5-9-20-40-29-16-12-25(21-31(29)39-2)13-17-32(36)41-27-15-14-26-22-28(34(38)42-30(26)23-27)33(37)35-19-18-24-10-7-6-8-11-24/h6-8,10-17,21-23H,3-5,9,18-20H2,1-2H3,(H,35,37)/b17-13+. The molecule has 1 N–H and O–H groups in total. The fraction of sp³-hybridized carbons (Fsp3) is 0.265. The molecule has 0 aliphatic heterocycles. The monoisotopic (exact) mass is 569 g/mol. The van der Waals surface area contributed by atoms with Crippen molar-refractivity contribution in [1.29, 1.82) is 0 Å². The van der Waals surface area contributed by atoms with E-state index >= 15 is 0 Å². The highest BCUT2D eigenvalue weighted by molar-refractivity contribution is 5.97. The van der Waals surface area contributed by atoms with Gasteiger partial charge in [0.15, 0.2) is 11.5 Å². The molecular weight excluding hydrogens is 534 g/mol. The second-order valence-electron chi connectivity index (χ2n) is 9.71. The van der Waals surface area contributed by atoms with Crippen LogP contribution in [0.5, 0.6) is 17.2 Å². The van der Waals surface area contributed by atoms with Crippen LogP contribution in [-0.4, -0.2) is 32.1 Å². The van der Waals surface area contributed by atoms with Gasteiger partial charge in [0.25, 0.3) is 5.91 Å². The number of unbranched alkanes of at least 4 members (excludes halogenated alkanes) is 3. The van der Waals surface area contributed by atoms with Gasteiger partial charge < -0.3 is 23.9 Å². The highest BCUT2D eigenvalue weighted by atomic mass is 16.5. The van der Waals surface area contributed by atoms with E-state index in [9.17, 15) is 14.4 Å². The molecule has 0 saturated carbocycles. The Hall–Kier alpha value is -4.85. The lowest BCUT2D eigenvalue weighted by molar-refractivity contribution is -0.128. The number of rotatable bonds is 14. The molecule has 218 valence electrons. The van der Waals surface area contributed by atoms with Crippen LogP contribution in [0, 0.1) is 0 Å². The molecule has 0 saturated heterocycles. The summed E-state index contributed by atoms with van der Waals surface area (Å²) in [7, 11) is 1.57. The first kappa shape index (κ1) is 30.1. The van der Waals surface area contributed by atoms with E-state index in [0.29, 0.717) is 36.5 Å². The zero-order chi connectivity index (χ0) is 29.7. The number of carbonyl (C=O) groups is 2. The molecule has 3 aromatic carbocycles. The zero-order valence-corrected chi connectivity index (χ0v) is 23.9. The summed E-state index contributed by atoms with van der Waals surface area (Å²) in [6, 6.07) is 21.2. The van der Waals surface area contributed by atoms with Crippen LogP contribution in [-0.2, 0) is 11.2 Å². The Kier molecular flexibility index (Phi) is 10.9. The average Bonchev–Trinajstić information content (AvgIpc) is 3.00. The molecule has 4 aromatic rings. The Balaban J connectivity index is 1.34. The van der Waals surface area contributed by atoms with Crippen molar-refractivity contribution in [2.75, 3.05) is 20.3 Å². The molecule has 8 nitrogen and oxygen atoms in total. The largest absolute Gasteiger partial charge is 0.493 e. The van der Waals surface area contributed by atoms with Crippen LogP contribution in [0.3, 0.4) is 0 Å². The van der Waals surface area contributed by atoms with Crippen LogP contribution in [0.2, 0.25) is 0 Å². The van der Waals surface area contributed by atoms with Crippen molar-refractivity contribution in [3.63, 3.8) is 0 Å². The van der Waals surface area contributed by atoms with E-state index in [1.54, 1.807) is 31.4 Å². The molecule has 8 heteroatoms. The van der Waals surface area contributed by atoms with Gasteiger partial charge in [0.05, 0.1) is 13.7 Å². The molecular formula is C34H35NO7. The summed E-state index contributed by atoms with van der Waals surface area (Å²) in [5.41, 5.74) is 1.15. The molecule has 0 unspecified atom stereocenters. The predicted molar refractivity (Wildman–Crippen MR) is 162 cm³/mol. The third kappa shape index (κ3) is 8.57. The Labute approximate surface area is 244 Å². The quantitative estimate of drug-likeness (QED) is 0.0620. The minimum atomic E-state index is -0.773. The van der Waals surface area contributed by atoms with E-state index in [0.717, 1.165) is 24.0 Å². The van der Waals surface area contributed by atoms with Crippen molar-refractivity contribution in [2.45, 2.75) is 39.0 Å². The summed E-state index contributed by atoms with van der Waals surface area (Å²) >= 11 is 0. The number of carbonyl (C=O) groups excluding carboxylic acids is 2. The van der Waals surface area contributed by atoms with Crippen molar-refractivity contribution in [3.05, 3.63) is 106 Å². The molecule has 4 rings (SSSR count). The Bertz CT molecular complexity index is 1590. The van der Waals surface area contributed by atoms with E-state index in [-0.39, 0.29) is 16.9 Å². The summed E-state index contributed by atoms with van der Waals surface area (Å²) in [6.07, 6.45) is 8.00. The van der Waals surface area contributed by atoms with Gasteiger partial charge in [0.1, 0.15) is 16.9 Å². The van der Waals surface area contributed by atoms with Crippen LogP contribution in [0.4, 0.5) is 0 Å². The van der Waals surface area contributed by atoms with E-state index in [2.05, 4.69) is 12.2 Å². The van der Waals surface area contributed by atoms with E-state index in [1.165, 1.54) is 31.1 Å². The lowest BCUT2D eigenvalue weighted by Crippen LogP contribution is -2.29. The van der Waals surface area contributed by atoms with Gasteiger partial charge in [-0.25, -0.2) is 9.59 Å². The molecule has 1 aromatic heterocycles. The van der Waals surface area contributed by atoms with Gasteiger partial charge in [-0.2, -0.15) is 0 Å². The molecule has 0 bridgehead atoms. The van der Waals surface area contributed by atoms with Crippen LogP contribution < -0.4 is 25.2 Å². The number of hydrogen-bond donors (Lipinski definition) is 1. The minimum absolute atomic E-state index is 0.0911. The fourth-order valence-corrected chi connectivity index (χ4v) is 4.31. The molecule has 0 aliphatic rings. The fourth-order valence-electron chi connectivity index (χ4n) is 4.31. The average molecular weight is 570 g/mol. The maximum absolute atomic E-state index is 12.6. The lowest BCUT2D eigenvalue weighted by Gasteiger charge is -2.11. The van der Waals surface area contributed by atoms with Crippen LogP contribution in [0.1, 0.15) is 54.1 Å². The maximum atomic E-state index is 12.6. The first-order valence-corrected chi connectivity index (χ1v) is 14.1. The summed E-state index contributed by atoms with van der Waals surface area (Å²) in [4.78, 5) is 37.6. The number of ether oxygens (including phenoxy) is 3. The molecule has 42 heavy (non-hydrogen) atoms. The summed E-state index contributed by atoms with van der Waals surface area (Å²) in [5, 5.41) is 3.28. The summed E-state index contributed by atoms with van der Waals surface area (Å²) < 4.78 is 22.0. The zero-order valence-electron chi connectivity index (χ0n) is 23.9. The third-order valence-electron chi connectivity index (χ3n) is 6.57. The molecule has 0 atom stereocenters. The number of esters is 1. The predicted octanol–water partition coefficient (Wildman–Crippen LogP) is 6.35. The van der Waals surface area contributed by atoms with Gasteiger partial charge in [0, 0.05) is 24.1 Å². The van der Waals surface area contributed by atoms with Crippen molar-refractivity contribution in [1.82, 2.24) is 5.32 Å². The van der Waals surface area contributed by atoms with Gasteiger partial charge in [0.2, 0.25) is 0 Å². The van der Waals surface area contributed by atoms with Crippen LogP contribution in [0.25, 0.3) is 17.0 Å². The number of benzene rings is 3. The number of fused-ring (bicyclic) bond motifs is 1. The van der Waals surface area contributed by atoms with Gasteiger partial charge in [-0.3, -0.25) is 4.79 Å². The highest BCUT2D eigenvalue weighted by Gasteiger charge is 2.14. The smallest absolute Gasteiger partial charge is 0.349 e. The Morgan fingerprint density at radius 3 is 2.55 bits per heavy atom. The minimum Gasteiger partial charge on any atom is -0.493 e. The van der Waals surface area contributed by atoms with Crippen molar-refractivity contribution in [2.24, 2.45) is 0 Å². The van der Waals surface area contributed by atoms with E-state index in [1.807, 2.05) is 42.5 Å². The van der Waals surface area contributed by atoms with Gasteiger partial charge in [-0.05, 0) is 60.4 Å². The molecule has 0 spiro atoms. The summed E-state index contributed by atoms with van der Waals surface area (Å²) in [5.74, 6) is 0.311. The van der Waals surface area contributed by atoms with Gasteiger partial charge >= 0.3 is 11.6 Å². The normalized spacial score (nSPS) is 11.0. The molecule has 1 amide bonds. The molecule has 0 aliphatic carbocycles. The van der Waals surface area contributed by atoms with Crippen molar-refractivity contribution >= 4 is 28.9 Å². The summed E-state index contributed by atoms with van der Waals surface area (Å²) in [6.45, 7) is 3.17. The van der Waals surface area contributed by atoms with Gasteiger partial charge in [-0.1, -0.05) is 62.6 Å².